The SMILES string of the molecule is CSCC[C@H](NC(=O)C1Cc2ccccc2CN1C(=O)[C@@H](NC[C@@H]1CS[C@@H](C)N1)C(C)C)C(=O)O. The molecule has 10 heteroatoms. The van der Waals surface area contributed by atoms with Gasteiger partial charge in [-0.25, -0.2) is 4.79 Å². The highest BCUT2D eigenvalue weighted by atomic mass is 32.2. The van der Waals surface area contributed by atoms with Gasteiger partial charge in [0.25, 0.3) is 0 Å². The number of hydrogen-bond acceptors (Lipinski definition) is 7. The van der Waals surface area contributed by atoms with Crippen LogP contribution in [0.1, 0.15) is 38.3 Å². The van der Waals surface area contributed by atoms with Crippen LogP contribution in [0, 0.1) is 5.92 Å². The Morgan fingerprint density at radius 2 is 1.97 bits per heavy atom. The van der Waals surface area contributed by atoms with Gasteiger partial charge in [0, 0.05) is 31.3 Å². The standard InChI is InChI=1S/C25H38N4O4S2/c1-15(2)22(26-12-19-14-35-16(3)27-19)24(31)29-13-18-8-6-5-7-17(18)11-21(29)23(30)28-20(25(32)33)9-10-34-4/h5-8,15-16,19-22,26-27H,9-14H2,1-4H3,(H,28,30)(H,32,33)/t16-,19+,20-,21?,22-/m0/s1. The second-order valence-electron chi connectivity index (χ2n) is 9.60. The van der Waals surface area contributed by atoms with E-state index in [0.29, 0.717) is 37.1 Å². The van der Waals surface area contributed by atoms with E-state index >= 15 is 0 Å². The third-order valence-electron chi connectivity index (χ3n) is 6.59. The maximum absolute atomic E-state index is 13.9. The Hall–Kier alpha value is -1.75. The van der Waals surface area contributed by atoms with E-state index < -0.39 is 30.0 Å². The van der Waals surface area contributed by atoms with Crippen LogP contribution >= 0.6 is 23.5 Å². The van der Waals surface area contributed by atoms with E-state index in [2.05, 4.69) is 22.9 Å². The second kappa shape index (κ2) is 13.0. The Bertz CT molecular complexity index is 900. The lowest BCUT2D eigenvalue weighted by Gasteiger charge is -2.39. The van der Waals surface area contributed by atoms with Gasteiger partial charge in [0.05, 0.1) is 11.4 Å². The maximum atomic E-state index is 13.9. The van der Waals surface area contributed by atoms with Crippen LogP contribution in [-0.4, -0.2) is 81.6 Å². The minimum Gasteiger partial charge on any atom is -0.480 e. The van der Waals surface area contributed by atoms with Crippen molar-refractivity contribution in [3.8, 4) is 0 Å². The van der Waals surface area contributed by atoms with Gasteiger partial charge in [-0.1, -0.05) is 38.1 Å². The van der Waals surface area contributed by atoms with Gasteiger partial charge in [-0.05, 0) is 42.4 Å². The van der Waals surface area contributed by atoms with E-state index in [0.717, 1.165) is 16.9 Å². The number of nitrogens with zero attached hydrogens (tertiary/aromatic N) is 1. The number of aliphatic carboxylic acids is 1. The van der Waals surface area contributed by atoms with E-state index in [9.17, 15) is 19.5 Å². The zero-order chi connectivity index (χ0) is 25.5. The summed E-state index contributed by atoms with van der Waals surface area (Å²) in [5.74, 6) is 0.0549. The number of carbonyl (C=O) groups excluding carboxylic acids is 2. The molecule has 194 valence electrons. The van der Waals surface area contributed by atoms with E-state index in [1.54, 1.807) is 4.90 Å². The third kappa shape index (κ3) is 7.38. The summed E-state index contributed by atoms with van der Waals surface area (Å²) in [6.45, 7) is 7.14. The molecule has 1 unspecified atom stereocenters. The van der Waals surface area contributed by atoms with Crippen LogP contribution < -0.4 is 16.0 Å². The smallest absolute Gasteiger partial charge is 0.326 e. The van der Waals surface area contributed by atoms with Crippen molar-refractivity contribution in [3.63, 3.8) is 0 Å². The summed E-state index contributed by atoms with van der Waals surface area (Å²) >= 11 is 3.40. The number of carboxylic acids is 1. The highest BCUT2D eigenvalue weighted by molar-refractivity contribution is 8.00. The first-order valence-electron chi connectivity index (χ1n) is 12.2. The molecule has 0 radical (unpaired) electrons. The molecule has 2 amide bonds. The van der Waals surface area contributed by atoms with Gasteiger partial charge in [0.1, 0.15) is 12.1 Å². The molecule has 0 spiro atoms. The summed E-state index contributed by atoms with van der Waals surface area (Å²) in [5, 5.41) is 19.7. The summed E-state index contributed by atoms with van der Waals surface area (Å²) in [5.41, 5.74) is 2.04. The van der Waals surface area contributed by atoms with Crippen LogP contribution in [0.25, 0.3) is 0 Å². The van der Waals surface area contributed by atoms with E-state index in [-0.39, 0.29) is 17.9 Å². The molecule has 1 fully saturated rings. The van der Waals surface area contributed by atoms with Crippen LogP contribution in [0.3, 0.4) is 0 Å². The Labute approximate surface area is 216 Å². The summed E-state index contributed by atoms with van der Waals surface area (Å²) in [6.07, 6.45) is 2.60. The molecule has 8 nitrogen and oxygen atoms in total. The van der Waals surface area contributed by atoms with Crippen molar-refractivity contribution < 1.29 is 19.5 Å². The average molecular weight is 523 g/mol. The lowest BCUT2D eigenvalue weighted by molar-refractivity contribution is -0.146. The lowest BCUT2D eigenvalue weighted by atomic mass is 9.91. The summed E-state index contributed by atoms with van der Waals surface area (Å²) < 4.78 is 0. The summed E-state index contributed by atoms with van der Waals surface area (Å²) in [4.78, 5) is 40.6. The van der Waals surface area contributed by atoms with E-state index in [4.69, 9.17) is 0 Å². The number of amides is 2. The number of thioether (sulfide) groups is 2. The molecule has 0 bridgehead atoms. The Balaban J connectivity index is 1.80. The molecule has 2 heterocycles. The highest BCUT2D eigenvalue weighted by Gasteiger charge is 2.39. The van der Waals surface area contributed by atoms with Gasteiger partial charge in [0.2, 0.25) is 11.8 Å². The van der Waals surface area contributed by atoms with Crippen molar-refractivity contribution in [2.45, 2.75) is 69.7 Å². The summed E-state index contributed by atoms with van der Waals surface area (Å²) in [6, 6.07) is 5.95. The van der Waals surface area contributed by atoms with E-state index in [1.807, 2.05) is 56.1 Å². The molecule has 2 aliphatic rings. The molecule has 0 aromatic heterocycles. The summed E-state index contributed by atoms with van der Waals surface area (Å²) in [7, 11) is 0. The van der Waals surface area contributed by atoms with Crippen LogP contribution in [0.2, 0.25) is 0 Å². The fraction of sp³-hybridized carbons (Fsp3) is 0.640. The van der Waals surface area contributed by atoms with Gasteiger partial charge in [0.15, 0.2) is 0 Å². The minimum atomic E-state index is -1.06. The predicted molar refractivity (Wildman–Crippen MR) is 143 cm³/mol. The number of hydrogen-bond donors (Lipinski definition) is 4. The van der Waals surface area contributed by atoms with Crippen molar-refractivity contribution in [2.24, 2.45) is 5.92 Å². The number of nitrogens with one attached hydrogen (secondary N) is 3. The first-order valence-corrected chi connectivity index (χ1v) is 14.7. The molecule has 2 aliphatic heterocycles. The quantitative estimate of drug-likeness (QED) is 0.349. The topological polar surface area (TPSA) is 111 Å². The Morgan fingerprint density at radius 3 is 2.57 bits per heavy atom. The number of rotatable bonds is 11. The highest BCUT2D eigenvalue weighted by Crippen LogP contribution is 2.26. The fourth-order valence-electron chi connectivity index (χ4n) is 4.61. The fourth-order valence-corrected chi connectivity index (χ4v) is 6.11. The van der Waals surface area contributed by atoms with Gasteiger partial charge >= 0.3 is 5.97 Å². The van der Waals surface area contributed by atoms with Crippen LogP contribution in [-0.2, 0) is 27.3 Å². The Morgan fingerprint density at radius 1 is 1.26 bits per heavy atom. The first-order chi connectivity index (χ1) is 16.7. The van der Waals surface area contributed by atoms with Crippen LogP contribution in [0.5, 0.6) is 0 Å². The molecule has 4 N–H and O–H groups in total. The predicted octanol–water partition coefficient (Wildman–Crippen LogP) is 1.93. The molecule has 0 saturated carbocycles. The number of carboxylic acid groups (broad SMARTS) is 1. The van der Waals surface area contributed by atoms with Crippen molar-refractivity contribution >= 4 is 41.3 Å². The molecule has 1 aromatic rings. The number of fused-ring (bicyclic) bond motifs is 1. The maximum Gasteiger partial charge on any atom is 0.326 e. The van der Waals surface area contributed by atoms with Gasteiger partial charge < -0.3 is 26.0 Å². The first kappa shape index (κ1) is 27.8. The lowest BCUT2D eigenvalue weighted by Crippen LogP contribution is -2.60. The minimum absolute atomic E-state index is 0.0307. The molecular formula is C25H38N4O4S2. The van der Waals surface area contributed by atoms with Crippen molar-refractivity contribution in [3.05, 3.63) is 35.4 Å². The zero-order valence-corrected chi connectivity index (χ0v) is 22.6. The van der Waals surface area contributed by atoms with Crippen molar-refractivity contribution in [2.75, 3.05) is 24.3 Å². The van der Waals surface area contributed by atoms with Crippen LogP contribution in [0.4, 0.5) is 0 Å². The Kier molecular flexibility index (Phi) is 10.3. The number of benzene rings is 1. The third-order valence-corrected chi connectivity index (χ3v) is 8.47. The molecule has 3 rings (SSSR count). The van der Waals surface area contributed by atoms with Gasteiger partial charge in [-0.2, -0.15) is 11.8 Å². The molecule has 5 atom stereocenters. The molecule has 1 aromatic carbocycles. The molecular weight excluding hydrogens is 484 g/mol. The normalized spacial score (nSPS) is 23.6. The molecule has 35 heavy (non-hydrogen) atoms. The molecule has 0 aliphatic carbocycles. The largest absolute Gasteiger partial charge is 0.480 e. The number of carbonyl (C=O) groups is 3. The van der Waals surface area contributed by atoms with Gasteiger partial charge in [-0.15, -0.1) is 11.8 Å². The second-order valence-corrected chi connectivity index (χ2v) is 12.0. The van der Waals surface area contributed by atoms with Crippen molar-refractivity contribution in [1.82, 2.24) is 20.9 Å². The van der Waals surface area contributed by atoms with E-state index in [1.165, 1.54) is 11.8 Å². The van der Waals surface area contributed by atoms with Crippen LogP contribution in [0.15, 0.2) is 24.3 Å². The average Bonchev–Trinajstić information content (AvgIpc) is 3.25. The zero-order valence-electron chi connectivity index (χ0n) is 21.0. The van der Waals surface area contributed by atoms with Crippen molar-refractivity contribution in [1.29, 1.82) is 0 Å². The monoisotopic (exact) mass is 522 g/mol. The van der Waals surface area contributed by atoms with Gasteiger partial charge in [-0.3, -0.25) is 9.59 Å². The molecule has 1 saturated heterocycles.